The largest absolute Gasteiger partial charge is 0.324 e. The highest BCUT2D eigenvalue weighted by atomic mass is 16.2. The van der Waals surface area contributed by atoms with E-state index >= 15 is 0 Å². The lowest BCUT2D eigenvalue weighted by Gasteiger charge is -2.40. The van der Waals surface area contributed by atoms with Gasteiger partial charge in [-0.2, -0.15) is 0 Å². The van der Waals surface area contributed by atoms with Crippen LogP contribution in [0.25, 0.3) is 0 Å². The van der Waals surface area contributed by atoms with E-state index in [-0.39, 0.29) is 23.9 Å². The summed E-state index contributed by atoms with van der Waals surface area (Å²) in [5.74, 6) is -0.0377. The summed E-state index contributed by atoms with van der Waals surface area (Å²) in [5, 5.41) is 2.38. The zero-order valence-corrected chi connectivity index (χ0v) is 7.75. The average molecular weight is 182 g/mol. The van der Waals surface area contributed by atoms with E-state index in [1.807, 2.05) is 0 Å². The molecule has 4 heteroatoms. The van der Waals surface area contributed by atoms with E-state index in [4.69, 9.17) is 0 Å². The second-order valence-electron chi connectivity index (χ2n) is 3.86. The first kappa shape index (κ1) is 8.53. The number of hydrogen-bond donors (Lipinski definition) is 1. The molecule has 2 aliphatic rings. The first-order valence-electron chi connectivity index (χ1n) is 4.78. The maximum atomic E-state index is 11.4. The molecule has 0 aromatic rings. The van der Waals surface area contributed by atoms with E-state index in [0.29, 0.717) is 0 Å². The molecule has 72 valence electrons. The van der Waals surface area contributed by atoms with E-state index < -0.39 is 0 Å². The van der Waals surface area contributed by atoms with Crippen LogP contribution in [0.15, 0.2) is 0 Å². The second kappa shape index (κ2) is 3.01. The third-order valence-electron chi connectivity index (χ3n) is 3.11. The number of rotatable bonds is 0. The van der Waals surface area contributed by atoms with Crippen molar-refractivity contribution < 1.29 is 9.59 Å². The molecule has 1 aliphatic heterocycles. The van der Waals surface area contributed by atoms with Crippen molar-refractivity contribution in [1.29, 1.82) is 0 Å². The molecule has 0 spiro atoms. The smallest absolute Gasteiger partial charge is 0.324 e. The molecule has 3 amide bonds. The third kappa shape index (κ3) is 1.30. The third-order valence-corrected chi connectivity index (χ3v) is 3.11. The molecule has 2 unspecified atom stereocenters. The van der Waals surface area contributed by atoms with Crippen molar-refractivity contribution in [2.24, 2.45) is 5.92 Å². The molecule has 0 aromatic heterocycles. The first-order chi connectivity index (χ1) is 6.20. The monoisotopic (exact) mass is 182 g/mol. The molecule has 0 aromatic carbocycles. The van der Waals surface area contributed by atoms with Crippen LogP contribution >= 0.6 is 0 Å². The summed E-state index contributed by atoms with van der Waals surface area (Å²) in [6.45, 7) is 0. The van der Waals surface area contributed by atoms with Crippen molar-refractivity contribution in [2.45, 2.75) is 31.7 Å². The van der Waals surface area contributed by atoms with Crippen LogP contribution in [0, 0.1) is 5.92 Å². The molecule has 2 fully saturated rings. The molecule has 2 atom stereocenters. The number of nitrogens with one attached hydrogen (secondary N) is 1. The topological polar surface area (TPSA) is 49.4 Å². The normalized spacial score (nSPS) is 34.1. The Labute approximate surface area is 77.3 Å². The summed E-state index contributed by atoms with van der Waals surface area (Å²) in [6, 6.07) is -0.0943. The molecule has 1 saturated heterocycles. The lowest BCUT2D eigenvalue weighted by molar-refractivity contribution is -0.129. The Bertz CT molecular complexity index is 252. The Kier molecular flexibility index (Phi) is 1.98. The SMILES string of the molecule is CN1C(=O)NC(=O)C2CCCCC21. The van der Waals surface area contributed by atoms with E-state index in [1.54, 1.807) is 11.9 Å². The van der Waals surface area contributed by atoms with Crippen LogP contribution in [-0.2, 0) is 4.79 Å². The molecule has 1 aliphatic carbocycles. The van der Waals surface area contributed by atoms with Crippen molar-refractivity contribution in [2.75, 3.05) is 7.05 Å². The highest BCUT2D eigenvalue weighted by Crippen LogP contribution is 2.30. The van der Waals surface area contributed by atoms with Crippen LogP contribution < -0.4 is 5.32 Å². The summed E-state index contributed by atoms with van der Waals surface area (Å²) < 4.78 is 0. The van der Waals surface area contributed by atoms with Gasteiger partial charge >= 0.3 is 6.03 Å². The number of hydrogen-bond acceptors (Lipinski definition) is 2. The first-order valence-corrected chi connectivity index (χ1v) is 4.78. The Morgan fingerprint density at radius 3 is 2.77 bits per heavy atom. The molecular weight excluding hydrogens is 168 g/mol. The maximum Gasteiger partial charge on any atom is 0.324 e. The summed E-state index contributed by atoms with van der Waals surface area (Å²) >= 11 is 0. The highest BCUT2D eigenvalue weighted by molar-refractivity contribution is 5.98. The fourth-order valence-corrected chi connectivity index (χ4v) is 2.32. The number of amides is 3. The van der Waals surface area contributed by atoms with Gasteiger partial charge in [0.2, 0.25) is 5.91 Å². The Balaban J connectivity index is 2.19. The number of fused-ring (bicyclic) bond motifs is 1. The van der Waals surface area contributed by atoms with Gasteiger partial charge in [0.15, 0.2) is 0 Å². The fourth-order valence-electron chi connectivity index (χ4n) is 2.32. The molecular formula is C9H14N2O2. The van der Waals surface area contributed by atoms with Gasteiger partial charge < -0.3 is 4.90 Å². The number of carbonyl (C=O) groups excluding carboxylic acids is 2. The number of carbonyl (C=O) groups is 2. The van der Waals surface area contributed by atoms with Crippen LogP contribution in [0.5, 0.6) is 0 Å². The molecule has 0 bridgehead atoms. The Hall–Kier alpha value is -1.06. The van der Waals surface area contributed by atoms with Crippen LogP contribution in [0.3, 0.4) is 0 Å². The number of urea groups is 1. The standard InChI is InChI=1S/C9H14N2O2/c1-11-7-5-3-2-4-6(7)8(12)10-9(11)13/h6-7H,2-5H2,1H3,(H,10,12,13). The summed E-state index contributed by atoms with van der Waals surface area (Å²) in [5.41, 5.74) is 0. The van der Waals surface area contributed by atoms with Gasteiger partial charge in [0.1, 0.15) is 0 Å². The summed E-state index contributed by atoms with van der Waals surface area (Å²) in [4.78, 5) is 24.4. The lowest BCUT2D eigenvalue weighted by atomic mass is 9.82. The number of imide groups is 1. The van der Waals surface area contributed by atoms with Crippen LogP contribution in [0.1, 0.15) is 25.7 Å². The van der Waals surface area contributed by atoms with Gasteiger partial charge in [0.05, 0.1) is 5.92 Å². The Morgan fingerprint density at radius 1 is 1.31 bits per heavy atom. The predicted octanol–water partition coefficient (Wildman–Crippen LogP) is 0.727. The van der Waals surface area contributed by atoms with E-state index in [9.17, 15) is 9.59 Å². The minimum absolute atomic E-state index is 0.0384. The van der Waals surface area contributed by atoms with E-state index in [0.717, 1.165) is 25.7 Å². The van der Waals surface area contributed by atoms with Crippen molar-refractivity contribution in [3.8, 4) is 0 Å². The van der Waals surface area contributed by atoms with Gasteiger partial charge in [0.25, 0.3) is 0 Å². The van der Waals surface area contributed by atoms with Gasteiger partial charge in [0, 0.05) is 13.1 Å². The van der Waals surface area contributed by atoms with E-state index in [1.165, 1.54) is 0 Å². The van der Waals surface area contributed by atoms with Crippen molar-refractivity contribution in [1.82, 2.24) is 10.2 Å². The van der Waals surface area contributed by atoms with Crippen molar-refractivity contribution in [3.05, 3.63) is 0 Å². The highest BCUT2D eigenvalue weighted by Gasteiger charge is 2.40. The van der Waals surface area contributed by atoms with Crippen molar-refractivity contribution >= 4 is 11.9 Å². The van der Waals surface area contributed by atoms with Gasteiger partial charge in [-0.25, -0.2) is 4.79 Å². The fraction of sp³-hybridized carbons (Fsp3) is 0.778. The minimum Gasteiger partial charge on any atom is -0.324 e. The van der Waals surface area contributed by atoms with Gasteiger partial charge in [-0.05, 0) is 12.8 Å². The lowest BCUT2D eigenvalue weighted by Crippen LogP contribution is -2.59. The summed E-state index contributed by atoms with van der Waals surface area (Å²) in [6.07, 6.45) is 4.14. The van der Waals surface area contributed by atoms with Crippen LogP contribution in [0.2, 0.25) is 0 Å². The molecule has 0 radical (unpaired) electrons. The van der Waals surface area contributed by atoms with Gasteiger partial charge in [-0.15, -0.1) is 0 Å². The molecule has 4 nitrogen and oxygen atoms in total. The predicted molar refractivity (Wildman–Crippen MR) is 47.0 cm³/mol. The number of nitrogens with zero attached hydrogens (tertiary/aromatic N) is 1. The van der Waals surface area contributed by atoms with Crippen LogP contribution in [-0.4, -0.2) is 29.9 Å². The van der Waals surface area contributed by atoms with Crippen molar-refractivity contribution in [3.63, 3.8) is 0 Å². The second-order valence-corrected chi connectivity index (χ2v) is 3.86. The molecule has 2 rings (SSSR count). The molecule has 1 saturated carbocycles. The van der Waals surface area contributed by atoms with Gasteiger partial charge in [-0.1, -0.05) is 12.8 Å². The molecule has 13 heavy (non-hydrogen) atoms. The van der Waals surface area contributed by atoms with E-state index in [2.05, 4.69) is 5.32 Å². The maximum absolute atomic E-state index is 11.4. The minimum atomic E-state index is -0.242. The molecule has 1 N–H and O–H groups in total. The van der Waals surface area contributed by atoms with Crippen LogP contribution in [0.4, 0.5) is 4.79 Å². The Morgan fingerprint density at radius 2 is 2.00 bits per heavy atom. The quantitative estimate of drug-likeness (QED) is 0.600. The summed E-state index contributed by atoms with van der Waals surface area (Å²) in [7, 11) is 1.77. The van der Waals surface area contributed by atoms with Gasteiger partial charge in [-0.3, -0.25) is 10.1 Å². The zero-order valence-electron chi connectivity index (χ0n) is 7.75. The molecule has 1 heterocycles. The average Bonchev–Trinajstić information content (AvgIpc) is 2.15. The zero-order chi connectivity index (χ0) is 9.42.